The molecule has 90 valence electrons. The average molecular weight is 245 g/mol. The van der Waals surface area contributed by atoms with Gasteiger partial charge in [0.15, 0.2) is 11.6 Å². The summed E-state index contributed by atoms with van der Waals surface area (Å²) in [5.74, 6) is -1.99. The fourth-order valence-electron chi connectivity index (χ4n) is 1.60. The normalized spacial score (nSPS) is 17.4. The predicted octanol–water partition coefficient (Wildman–Crippen LogP) is 3.28. The Hall–Kier alpha value is -1.77. The van der Waals surface area contributed by atoms with Gasteiger partial charge in [-0.05, 0) is 30.5 Å². The van der Waals surface area contributed by atoms with E-state index in [9.17, 15) is 17.6 Å². The molecule has 0 aliphatic heterocycles. The Labute approximate surface area is 94.4 Å². The Morgan fingerprint density at radius 2 is 1.94 bits per heavy atom. The Bertz CT molecular complexity index is 485. The van der Waals surface area contributed by atoms with Crippen LogP contribution in [0.1, 0.15) is 18.4 Å². The fraction of sp³-hybridized carbons (Fsp3) is 0.364. The number of nitriles is 1. The van der Waals surface area contributed by atoms with Gasteiger partial charge in [-0.25, -0.2) is 4.39 Å². The van der Waals surface area contributed by atoms with Crippen LogP contribution in [0.4, 0.5) is 17.6 Å². The molecule has 0 radical (unpaired) electrons. The van der Waals surface area contributed by atoms with Gasteiger partial charge < -0.3 is 4.74 Å². The minimum Gasteiger partial charge on any atom is -0.403 e. The number of nitrogens with zero attached hydrogens (tertiary/aromatic N) is 1. The summed E-state index contributed by atoms with van der Waals surface area (Å²) in [5.41, 5.74) is -0.329. The van der Waals surface area contributed by atoms with E-state index in [4.69, 9.17) is 5.26 Å². The third-order valence-electron chi connectivity index (χ3n) is 2.67. The van der Waals surface area contributed by atoms with Crippen LogP contribution in [0.15, 0.2) is 18.2 Å². The molecule has 0 N–H and O–H groups in total. The zero-order valence-corrected chi connectivity index (χ0v) is 8.51. The molecule has 2 nitrogen and oxygen atoms in total. The summed E-state index contributed by atoms with van der Waals surface area (Å²) in [6.07, 6.45) is -3.72. The third kappa shape index (κ3) is 2.33. The highest BCUT2D eigenvalue weighted by molar-refractivity contribution is 5.42. The van der Waals surface area contributed by atoms with Gasteiger partial charge in [-0.15, -0.1) is 13.2 Å². The van der Waals surface area contributed by atoms with Crippen LogP contribution in [0.25, 0.3) is 0 Å². The maximum Gasteiger partial charge on any atom is 0.573 e. The van der Waals surface area contributed by atoms with Gasteiger partial charge in [0.25, 0.3) is 0 Å². The quantitative estimate of drug-likeness (QED) is 0.749. The van der Waals surface area contributed by atoms with Crippen molar-refractivity contribution in [3.8, 4) is 11.8 Å². The van der Waals surface area contributed by atoms with Gasteiger partial charge in [0, 0.05) is 0 Å². The first-order valence-electron chi connectivity index (χ1n) is 4.83. The van der Waals surface area contributed by atoms with Crippen molar-refractivity contribution in [3.05, 3.63) is 29.6 Å². The van der Waals surface area contributed by atoms with E-state index in [0.29, 0.717) is 18.4 Å². The van der Waals surface area contributed by atoms with Crippen LogP contribution in [-0.4, -0.2) is 6.36 Å². The van der Waals surface area contributed by atoms with Gasteiger partial charge in [-0.1, -0.05) is 6.07 Å². The molecule has 0 aromatic heterocycles. The second-order valence-corrected chi connectivity index (χ2v) is 3.89. The minimum absolute atomic E-state index is 0.395. The molecule has 0 amide bonds. The summed E-state index contributed by atoms with van der Waals surface area (Å²) in [6, 6.07) is 5.15. The zero-order chi connectivity index (χ0) is 12.7. The molecule has 17 heavy (non-hydrogen) atoms. The molecule has 0 heterocycles. The van der Waals surface area contributed by atoms with Gasteiger partial charge in [-0.3, -0.25) is 0 Å². The summed E-state index contributed by atoms with van der Waals surface area (Å²) >= 11 is 0. The van der Waals surface area contributed by atoms with Crippen molar-refractivity contribution in [1.82, 2.24) is 0 Å². The molecule has 0 unspecified atom stereocenters. The summed E-state index contributed by atoms with van der Waals surface area (Å²) in [5, 5.41) is 8.87. The third-order valence-corrected chi connectivity index (χ3v) is 2.67. The van der Waals surface area contributed by atoms with Crippen LogP contribution < -0.4 is 4.74 Å². The van der Waals surface area contributed by atoms with Crippen LogP contribution in [-0.2, 0) is 5.41 Å². The monoisotopic (exact) mass is 245 g/mol. The fourth-order valence-corrected chi connectivity index (χ4v) is 1.60. The number of alkyl halides is 3. The van der Waals surface area contributed by atoms with Crippen molar-refractivity contribution < 1.29 is 22.3 Å². The predicted molar refractivity (Wildman–Crippen MR) is 49.6 cm³/mol. The van der Waals surface area contributed by atoms with Crippen molar-refractivity contribution in [1.29, 1.82) is 5.26 Å². The molecule has 0 atom stereocenters. The maximum absolute atomic E-state index is 13.3. The maximum atomic E-state index is 13.3. The highest BCUT2D eigenvalue weighted by Crippen LogP contribution is 2.48. The average Bonchev–Trinajstić information content (AvgIpc) is 3.00. The van der Waals surface area contributed by atoms with E-state index in [0.717, 1.165) is 12.1 Å². The lowest BCUT2D eigenvalue weighted by Gasteiger charge is -2.12. The SMILES string of the molecule is N#CC1(c2ccc(OC(F)(F)F)c(F)c2)CC1. The topological polar surface area (TPSA) is 33.0 Å². The molecule has 0 saturated heterocycles. The molecular weight excluding hydrogens is 238 g/mol. The van der Waals surface area contributed by atoms with Crippen molar-refractivity contribution in [2.75, 3.05) is 0 Å². The molecule has 0 bridgehead atoms. The lowest BCUT2D eigenvalue weighted by Crippen LogP contribution is -2.18. The lowest BCUT2D eigenvalue weighted by atomic mass is 9.98. The molecule has 1 aromatic carbocycles. The number of halogens is 4. The smallest absolute Gasteiger partial charge is 0.403 e. The van der Waals surface area contributed by atoms with E-state index < -0.39 is 23.3 Å². The number of hydrogen-bond donors (Lipinski definition) is 0. The van der Waals surface area contributed by atoms with Crippen LogP contribution in [0, 0.1) is 17.1 Å². The summed E-state index contributed by atoms with van der Waals surface area (Å²) < 4.78 is 52.5. The molecule has 6 heteroatoms. The lowest BCUT2D eigenvalue weighted by molar-refractivity contribution is -0.275. The summed E-state index contributed by atoms with van der Waals surface area (Å²) in [7, 11) is 0. The highest BCUT2D eigenvalue weighted by Gasteiger charge is 2.45. The highest BCUT2D eigenvalue weighted by atomic mass is 19.4. The van der Waals surface area contributed by atoms with Gasteiger partial charge >= 0.3 is 6.36 Å². The first-order valence-corrected chi connectivity index (χ1v) is 4.83. The van der Waals surface area contributed by atoms with E-state index in [-0.39, 0.29) is 0 Å². The van der Waals surface area contributed by atoms with E-state index in [1.165, 1.54) is 6.07 Å². The molecular formula is C11H7F4NO. The second-order valence-electron chi connectivity index (χ2n) is 3.89. The van der Waals surface area contributed by atoms with Crippen LogP contribution in [0.5, 0.6) is 5.75 Å². The summed E-state index contributed by atoms with van der Waals surface area (Å²) in [6.45, 7) is 0. The van der Waals surface area contributed by atoms with Gasteiger partial charge in [0.2, 0.25) is 0 Å². The van der Waals surface area contributed by atoms with Crippen molar-refractivity contribution in [2.45, 2.75) is 24.6 Å². The Kier molecular flexibility index (Phi) is 2.49. The first kappa shape index (κ1) is 11.7. The van der Waals surface area contributed by atoms with Crippen LogP contribution in [0.2, 0.25) is 0 Å². The van der Waals surface area contributed by atoms with Crippen LogP contribution in [0.3, 0.4) is 0 Å². The Morgan fingerprint density at radius 3 is 2.35 bits per heavy atom. The first-order chi connectivity index (χ1) is 7.86. The molecule has 1 aromatic rings. The zero-order valence-electron chi connectivity index (χ0n) is 8.51. The molecule has 2 rings (SSSR count). The van der Waals surface area contributed by atoms with Crippen LogP contribution >= 0.6 is 0 Å². The molecule has 1 aliphatic carbocycles. The van der Waals surface area contributed by atoms with E-state index >= 15 is 0 Å². The van der Waals surface area contributed by atoms with E-state index in [1.54, 1.807) is 0 Å². The van der Waals surface area contributed by atoms with Crippen molar-refractivity contribution in [2.24, 2.45) is 0 Å². The van der Waals surface area contributed by atoms with Gasteiger partial charge in [-0.2, -0.15) is 5.26 Å². The van der Waals surface area contributed by atoms with Crippen molar-refractivity contribution in [3.63, 3.8) is 0 Å². The number of hydrogen-bond acceptors (Lipinski definition) is 2. The molecule has 1 aliphatic rings. The van der Waals surface area contributed by atoms with E-state index in [2.05, 4.69) is 4.74 Å². The van der Waals surface area contributed by atoms with Crippen molar-refractivity contribution >= 4 is 0 Å². The number of rotatable bonds is 2. The summed E-state index contributed by atoms with van der Waals surface area (Å²) in [4.78, 5) is 0. The molecule has 0 spiro atoms. The second kappa shape index (κ2) is 3.62. The Morgan fingerprint density at radius 1 is 1.29 bits per heavy atom. The minimum atomic E-state index is -4.92. The molecule has 1 saturated carbocycles. The van der Waals surface area contributed by atoms with E-state index in [1.807, 2.05) is 6.07 Å². The standard InChI is InChI=1S/C11H7F4NO/c12-8-5-7(10(6-16)3-4-10)1-2-9(8)17-11(13,14)15/h1-2,5H,3-4H2. The number of ether oxygens (including phenoxy) is 1. The number of benzene rings is 1. The Balaban J connectivity index is 2.27. The van der Waals surface area contributed by atoms with Gasteiger partial charge in [0.1, 0.15) is 0 Å². The van der Waals surface area contributed by atoms with Gasteiger partial charge in [0.05, 0.1) is 11.5 Å². The largest absolute Gasteiger partial charge is 0.573 e. The molecule has 1 fully saturated rings.